The summed E-state index contributed by atoms with van der Waals surface area (Å²) in [6, 6.07) is 7.75. The zero-order chi connectivity index (χ0) is 17.1. The van der Waals surface area contributed by atoms with Gasteiger partial charge in [-0.3, -0.25) is 4.99 Å². The number of guanidine groups is 1. The zero-order valence-electron chi connectivity index (χ0n) is 13.5. The minimum atomic E-state index is -4.18. The van der Waals surface area contributed by atoms with Crippen molar-refractivity contribution in [2.24, 2.45) is 4.99 Å². The van der Waals surface area contributed by atoms with Crippen LogP contribution in [0.5, 0.6) is 5.75 Å². The van der Waals surface area contributed by atoms with Crippen LogP contribution in [-0.2, 0) is 6.42 Å². The molecule has 0 atom stereocenters. The number of benzene rings is 1. The smallest absolute Gasteiger partial charge is 0.390 e. The number of nitrogens with one attached hydrogen (secondary N) is 2. The molecule has 130 valence electrons. The number of ether oxygens (including phenoxy) is 1. The molecule has 7 heteroatoms. The molecule has 0 aliphatic heterocycles. The number of alkyl halides is 3. The average Bonchev–Trinajstić information content (AvgIpc) is 2.47. The highest BCUT2D eigenvalue weighted by atomic mass is 19.4. The molecule has 0 fully saturated rings. The number of hydrogen-bond donors (Lipinski definition) is 2. The number of hydrogen-bond acceptors (Lipinski definition) is 2. The molecule has 0 spiro atoms. The second kappa shape index (κ2) is 9.97. The van der Waals surface area contributed by atoms with Gasteiger partial charge in [0, 0.05) is 13.1 Å². The van der Waals surface area contributed by atoms with Crippen molar-refractivity contribution in [2.45, 2.75) is 32.9 Å². The van der Waals surface area contributed by atoms with Gasteiger partial charge in [0.05, 0.1) is 19.6 Å². The van der Waals surface area contributed by atoms with Crippen LogP contribution in [0.2, 0.25) is 0 Å². The number of halogens is 3. The Labute approximate surface area is 135 Å². The summed E-state index contributed by atoms with van der Waals surface area (Å²) < 4.78 is 41.9. The van der Waals surface area contributed by atoms with Crippen LogP contribution >= 0.6 is 0 Å². The van der Waals surface area contributed by atoms with E-state index in [1.807, 2.05) is 38.1 Å². The van der Waals surface area contributed by atoms with Gasteiger partial charge in [0.25, 0.3) is 0 Å². The van der Waals surface area contributed by atoms with E-state index in [1.54, 1.807) is 0 Å². The van der Waals surface area contributed by atoms with Crippen molar-refractivity contribution in [3.05, 3.63) is 29.8 Å². The van der Waals surface area contributed by atoms with E-state index in [9.17, 15) is 13.2 Å². The summed E-state index contributed by atoms with van der Waals surface area (Å²) in [6.07, 6.45) is -4.37. The molecule has 0 saturated heterocycles. The molecule has 0 aliphatic carbocycles. The van der Waals surface area contributed by atoms with Gasteiger partial charge in [-0.15, -0.1) is 0 Å². The fourth-order valence-electron chi connectivity index (χ4n) is 1.92. The molecule has 0 aromatic heterocycles. The van der Waals surface area contributed by atoms with Crippen LogP contribution < -0.4 is 15.4 Å². The Bertz CT molecular complexity index is 490. The Morgan fingerprint density at radius 1 is 1.22 bits per heavy atom. The first-order valence-corrected chi connectivity index (χ1v) is 7.75. The van der Waals surface area contributed by atoms with E-state index in [4.69, 9.17) is 4.74 Å². The molecule has 4 nitrogen and oxygen atoms in total. The Kier molecular flexibility index (Phi) is 8.29. The van der Waals surface area contributed by atoms with E-state index in [1.165, 1.54) is 0 Å². The molecular weight excluding hydrogens is 307 g/mol. The average molecular weight is 331 g/mol. The number of rotatable bonds is 8. The van der Waals surface area contributed by atoms with Gasteiger partial charge in [-0.1, -0.05) is 12.1 Å². The lowest BCUT2D eigenvalue weighted by molar-refractivity contribution is -0.132. The highest BCUT2D eigenvalue weighted by Gasteiger charge is 2.26. The molecule has 0 radical (unpaired) electrons. The Morgan fingerprint density at radius 2 is 2.00 bits per heavy atom. The molecule has 1 rings (SSSR count). The first-order valence-electron chi connectivity index (χ1n) is 7.75. The van der Waals surface area contributed by atoms with Crippen LogP contribution in [0.3, 0.4) is 0 Å². The van der Waals surface area contributed by atoms with Gasteiger partial charge in [-0.2, -0.15) is 13.2 Å². The van der Waals surface area contributed by atoms with E-state index in [0.717, 1.165) is 17.7 Å². The maximum absolute atomic E-state index is 12.1. The summed E-state index contributed by atoms with van der Waals surface area (Å²) in [6.45, 7) is 5.29. The molecule has 23 heavy (non-hydrogen) atoms. The molecule has 0 aliphatic rings. The van der Waals surface area contributed by atoms with Crippen molar-refractivity contribution in [2.75, 3.05) is 26.2 Å². The van der Waals surface area contributed by atoms with Crippen molar-refractivity contribution < 1.29 is 17.9 Å². The maximum atomic E-state index is 12.1. The third-order valence-corrected chi connectivity index (χ3v) is 2.92. The van der Waals surface area contributed by atoms with Crippen LogP contribution in [0.1, 0.15) is 25.8 Å². The number of nitrogens with zero attached hydrogens (tertiary/aromatic N) is 1. The predicted octanol–water partition coefficient (Wildman–Crippen LogP) is 3.14. The minimum Gasteiger partial charge on any atom is -0.494 e. The van der Waals surface area contributed by atoms with Crippen molar-refractivity contribution in [1.29, 1.82) is 0 Å². The predicted molar refractivity (Wildman–Crippen MR) is 86.0 cm³/mol. The van der Waals surface area contributed by atoms with Gasteiger partial charge in [0.15, 0.2) is 5.96 Å². The summed E-state index contributed by atoms with van der Waals surface area (Å²) in [5, 5.41) is 5.97. The Morgan fingerprint density at radius 3 is 2.65 bits per heavy atom. The van der Waals surface area contributed by atoms with Crippen LogP contribution in [0.4, 0.5) is 13.2 Å². The normalized spacial score (nSPS) is 12.1. The summed E-state index contributed by atoms with van der Waals surface area (Å²) in [5.74, 6) is 1.22. The molecule has 0 heterocycles. The van der Waals surface area contributed by atoms with Crippen molar-refractivity contribution in [3.63, 3.8) is 0 Å². The maximum Gasteiger partial charge on any atom is 0.390 e. The summed E-state index contributed by atoms with van der Waals surface area (Å²) in [5.41, 5.74) is 1.09. The monoisotopic (exact) mass is 331 g/mol. The standard InChI is InChI=1S/C16H24F3N3O/c1-3-20-15(22-11-9-16(17,18)19)21-10-8-13-6-5-7-14(12-13)23-4-2/h5-7,12H,3-4,8-11H2,1-2H3,(H2,20,21,22). The molecule has 0 bridgehead atoms. The van der Waals surface area contributed by atoms with Gasteiger partial charge in [0.1, 0.15) is 5.75 Å². The molecule has 2 N–H and O–H groups in total. The lowest BCUT2D eigenvalue weighted by Crippen LogP contribution is -2.38. The second-order valence-corrected chi connectivity index (χ2v) is 4.88. The fourth-order valence-corrected chi connectivity index (χ4v) is 1.92. The molecular formula is C16H24F3N3O. The second-order valence-electron chi connectivity index (χ2n) is 4.88. The van der Waals surface area contributed by atoms with Crippen LogP contribution in [-0.4, -0.2) is 38.4 Å². The van der Waals surface area contributed by atoms with Gasteiger partial charge in [-0.05, 0) is 38.0 Å². The summed E-state index contributed by atoms with van der Waals surface area (Å²) in [7, 11) is 0. The number of aliphatic imine (C=N–C) groups is 1. The van der Waals surface area contributed by atoms with Gasteiger partial charge in [-0.25, -0.2) is 0 Å². The van der Waals surface area contributed by atoms with E-state index >= 15 is 0 Å². The summed E-state index contributed by atoms with van der Waals surface area (Å²) in [4.78, 5) is 3.93. The fraction of sp³-hybridized carbons (Fsp3) is 0.562. The molecule has 1 aromatic carbocycles. The van der Waals surface area contributed by atoms with Crippen LogP contribution in [0.15, 0.2) is 29.3 Å². The Hall–Kier alpha value is -1.92. The molecule has 0 amide bonds. The largest absolute Gasteiger partial charge is 0.494 e. The van der Waals surface area contributed by atoms with Gasteiger partial charge >= 0.3 is 6.18 Å². The summed E-state index contributed by atoms with van der Waals surface area (Å²) >= 11 is 0. The van der Waals surface area contributed by atoms with E-state index < -0.39 is 12.6 Å². The third kappa shape index (κ3) is 8.95. The van der Waals surface area contributed by atoms with Crippen molar-refractivity contribution in [3.8, 4) is 5.75 Å². The van der Waals surface area contributed by atoms with E-state index in [0.29, 0.717) is 25.7 Å². The highest BCUT2D eigenvalue weighted by Crippen LogP contribution is 2.18. The molecule has 0 saturated carbocycles. The highest BCUT2D eigenvalue weighted by molar-refractivity contribution is 5.79. The minimum absolute atomic E-state index is 0.279. The quantitative estimate of drug-likeness (QED) is 0.568. The first-order chi connectivity index (χ1) is 10.9. The van der Waals surface area contributed by atoms with Crippen LogP contribution in [0, 0.1) is 0 Å². The van der Waals surface area contributed by atoms with Gasteiger partial charge < -0.3 is 15.4 Å². The first kappa shape index (κ1) is 19.1. The molecule has 1 aromatic rings. The van der Waals surface area contributed by atoms with Crippen molar-refractivity contribution >= 4 is 5.96 Å². The van der Waals surface area contributed by atoms with Crippen molar-refractivity contribution in [1.82, 2.24) is 10.6 Å². The van der Waals surface area contributed by atoms with Crippen LogP contribution in [0.25, 0.3) is 0 Å². The molecule has 0 unspecified atom stereocenters. The third-order valence-electron chi connectivity index (χ3n) is 2.92. The lowest BCUT2D eigenvalue weighted by atomic mass is 10.1. The topological polar surface area (TPSA) is 45.7 Å². The van der Waals surface area contributed by atoms with Gasteiger partial charge in [0.2, 0.25) is 0 Å². The Balaban J connectivity index is 2.45. The SMILES string of the molecule is CCNC(=NCCC(F)(F)F)NCCc1cccc(OCC)c1. The van der Waals surface area contributed by atoms with E-state index in [-0.39, 0.29) is 6.54 Å². The zero-order valence-corrected chi connectivity index (χ0v) is 13.5. The van der Waals surface area contributed by atoms with E-state index in [2.05, 4.69) is 15.6 Å². The lowest BCUT2D eigenvalue weighted by Gasteiger charge is -2.12.